The molecule has 0 unspecified atom stereocenters. The Labute approximate surface area is 155 Å². The first-order chi connectivity index (χ1) is 11.6. The number of halogens is 1. The first kappa shape index (κ1) is 20.2. The number of rotatable bonds is 4. The van der Waals surface area contributed by atoms with Crippen molar-refractivity contribution in [1.82, 2.24) is 14.9 Å². The van der Waals surface area contributed by atoms with Crippen molar-refractivity contribution >= 4 is 28.3 Å². The summed E-state index contributed by atoms with van der Waals surface area (Å²) < 4.78 is 27.4. The Hall–Kier alpha value is -1.15. The Morgan fingerprint density at radius 2 is 1.72 bits per heavy atom. The fourth-order valence-electron chi connectivity index (χ4n) is 3.35. The van der Waals surface area contributed by atoms with Crippen LogP contribution in [0.5, 0.6) is 0 Å². The zero-order valence-electron chi connectivity index (χ0n) is 14.2. The summed E-state index contributed by atoms with van der Waals surface area (Å²) in [5.74, 6) is -0.293. The second-order valence-electron chi connectivity index (χ2n) is 6.46. The average molecular weight is 388 g/mol. The van der Waals surface area contributed by atoms with Gasteiger partial charge in [0.25, 0.3) is 5.91 Å². The van der Waals surface area contributed by atoms with Gasteiger partial charge in [0.2, 0.25) is 10.0 Å². The van der Waals surface area contributed by atoms with Crippen molar-refractivity contribution in [3.63, 3.8) is 0 Å². The molecule has 0 aromatic heterocycles. The van der Waals surface area contributed by atoms with E-state index in [-0.39, 0.29) is 34.8 Å². The maximum Gasteiger partial charge on any atom is 0.252 e. The van der Waals surface area contributed by atoms with Crippen molar-refractivity contribution in [1.29, 1.82) is 0 Å². The normalized spacial score (nSPS) is 19.8. The fraction of sp³-hybridized carbons (Fsp3) is 0.588. The summed E-state index contributed by atoms with van der Waals surface area (Å²) in [7, 11) is -3.62. The molecule has 6 nitrogen and oxygen atoms in total. The molecule has 8 heteroatoms. The van der Waals surface area contributed by atoms with Gasteiger partial charge in [-0.15, -0.1) is 12.4 Å². The molecule has 25 heavy (non-hydrogen) atoms. The Bertz CT molecular complexity index is 684. The lowest BCUT2D eigenvalue weighted by atomic mass is 10.1. The van der Waals surface area contributed by atoms with Crippen LogP contribution < -0.4 is 10.6 Å². The number of nitrogens with one attached hydrogen (secondary N) is 2. The molecular formula is C17H26ClN3O3S. The summed E-state index contributed by atoms with van der Waals surface area (Å²) in [4.78, 5) is 12.8. The van der Waals surface area contributed by atoms with Crippen LogP contribution in [0.3, 0.4) is 0 Å². The van der Waals surface area contributed by atoms with E-state index in [1.807, 2.05) is 0 Å². The van der Waals surface area contributed by atoms with Crippen molar-refractivity contribution < 1.29 is 13.2 Å². The number of sulfonamides is 1. The van der Waals surface area contributed by atoms with Gasteiger partial charge >= 0.3 is 0 Å². The molecule has 2 aliphatic rings. The number of hydrogen-bond acceptors (Lipinski definition) is 4. The number of piperidine rings is 2. The van der Waals surface area contributed by atoms with Gasteiger partial charge in [-0.05, 0) is 50.9 Å². The molecule has 0 bridgehead atoms. The van der Waals surface area contributed by atoms with E-state index in [0.717, 1.165) is 45.2 Å². The SMILES string of the molecule is Cl.O=C(NC1CCNCC1)c1ccccc1S(=O)(=O)N1CCCCC1. The zero-order chi connectivity index (χ0) is 17.0. The third-order valence-corrected chi connectivity index (χ3v) is 6.70. The highest BCUT2D eigenvalue weighted by Gasteiger charge is 2.30. The number of nitrogens with zero attached hydrogens (tertiary/aromatic N) is 1. The highest BCUT2D eigenvalue weighted by Crippen LogP contribution is 2.23. The molecule has 1 aromatic rings. The highest BCUT2D eigenvalue weighted by molar-refractivity contribution is 7.89. The van der Waals surface area contributed by atoms with Crippen molar-refractivity contribution in [2.24, 2.45) is 0 Å². The standard InChI is InChI=1S/C17H25N3O3S.ClH/c21-17(19-14-8-10-18-11-9-14)15-6-2-3-7-16(15)24(22,23)20-12-4-1-5-13-20;/h2-3,6-7,14,18H,1,4-5,8-13H2,(H,19,21);1H. The maximum absolute atomic E-state index is 12.9. The largest absolute Gasteiger partial charge is 0.349 e. The fourth-order valence-corrected chi connectivity index (χ4v) is 5.06. The topological polar surface area (TPSA) is 78.5 Å². The second kappa shape index (κ2) is 8.98. The summed E-state index contributed by atoms with van der Waals surface area (Å²) >= 11 is 0. The number of carbonyl (C=O) groups excluding carboxylic acids is 1. The quantitative estimate of drug-likeness (QED) is 0.825. The predicted octanol–water partition coefficient (Wildman–Crippen LogP) is 1.76. The first-order valence-electron chi connectivity index (χ1n) is 8.70. The van der Waals surface area contributed by atoms with Crippen LogP contribution in [0.4, 0.5) is 0 Å². The van der Waals surface area contributed by atoms with Gasteiger partial charge in [-0.1, -0.05) is 18.6 Å². The van der Waals surface area contributed by atoms with Crippen LogP contribution in [-0.4, -0.2) is 50.9 Å². The molecule has 0 spiro atoms. The molecule has 2 heterocycles. The molecule has 1 aromatic carbocycles. The van der Waals surface area contributed by atoms with Crippen LogP contribution in [0, 0.1) is 0 Å². The molecule has 2 fully saturated rings. The number of benzene rings is 1. The van der Waals surface area contributed by atoms with Gasteiger partial charge in [0.05, 0.1) is 10.5 Å². The lowest BCUT2D eigenvalue weighted by molar-refractivity contribution is 0.0926. The minimum atomic E-state index is -3.62. The van der Waals surface area contributed by atoms with E-state index in [0.29, 0.717) is 13.1 Å². The van der Waals surface area contributed by atoms with E-state index in [1.54, 1.807) is 24.3 Å². The van der Waals surface area contributed by atoms with Crippen molar-refractivity contribution in [3.05, 3.63) is 29.8 Å². The molecule has 0 radical (unpaired) electrons. The summed E-state index contributed by atoms with van der Waals surface area (Å²) in [5, 5.41) is 6.24. The van der Waals surface area contributed by atoms with Crippen LogP contribution in [0.15, 0.2) is 29.2 Å². The third kappa shape index (κ3) is 4.73. The van der Waals surface area contributed by atoms with Gasteiger partial charge in [0, 0.05) is 19.1 Å². The van der Waals surface area contributed by atoms with E-state index < -0.39 is 10.0 Å². The van der Waals surface area contributed by atoms with Gasteiger partial charge < -0.3 is 10.6 Å². The molecule has 3 rings (SSSR count). The summed E-state index contributed by atoms with van der Waals surface area (Å²) in [6.45, 7) is 2.82. The van der Waals surface area contributed by atoms with E-state index in [1.165, 1.54) is 4.31 Å². The van der Waals surface area contributed by atoms with E-state index in [4.69, 9.17) is 0 Å². The van der Waals surface area contributed by atoms with Crippen molar-refractivity contribution in [2.45, 2.75) is 43.0 Å². The minimum absolute atomic E-state index is 0. The summed E-state index contributed by atoms with van der Waals surface area (Å²) in [6, 6.07) is 6.64. The molecule has 2 aliphatic heterocycles. The number of carbonyl (C=O) groups is 1. The second-order valence-corrected chi connectivity index (χ2v) is 8.36. The molecule has 0 atom stereocenters. The Morgan fingerprint density at radius 3 is 2.40 bits per heavy atom. The molecule has 140 valence electrons. The Balaban J connectivity index is 0.00000225. The maximum atomic E-state index is 12.9. The Kier molecular flexibility index (Phi) is 7.25. The van der Waals surface area contributed by atoms with Crippen LogP contribution in [0.25, 0.3) is 0 Å². The lowest BCUT2D eigenvalue weighted by Gasteiger charge is -2.27. The van der Waals surface area contributed by atoms with E-state index in [2.05, 4.69) is 10.6 Å². The van der Waals surface area contributed by atoms with Gasteiger partial charge in [-0.2, -0.15) is 4.31 Å². The highest BCUT2D eigenvalue weighted by atomic mass is 35.5. The molecule has 0 saturated carbocycles. The van der Waals surface area contributed by atoms with E-state index in [9.17, 15) is 13.2 Å². The molecule has 2 N–H and O–H groups in total. The van der Waals surface area contributed by atoms with Gasteiger partial charge in [-0.25, -0.2) is 8.42 Å². The summed E-state index contributed by atoms with van der Waals surface area (Å²) in [5.41, 5.74) is 0.251. The van der Waals surface area contributed by atoms with Gasteiger partial charge in [0.1, 0.15) is 0 Å². The smallest absolute Gasteiger partial charge is 0.252 e. The van der Waals surface area contributed by atoms with Gasteiger partial charge in [0.15, 0.2) is 0 Å². The van der Waals surface area contributed by atoms with Crippen LogP contribution in [-0.2, 0) is 10.0 Å². The number of amides is 1. The Morgan fingerprint density at radius 1 is 1.08 bits per heavy atom. The first-order valence-corrected chi connectivity index (χ1v) is 10.1. The monoisotopic (exact) mass is 387 g/mol. The minimum Gasteiger partial charge on any atom is -0.349 e. The molecular weight excluding hydrogens is 362 g/mol. The number of hydrogen-bond donors (Lipinski definition) is 2. The lowest BCUT2D eigenvalue weighted by Crippen LogP contribution is -2.43. The predicted molar refractivity (Wildman–Crippen MR) is 99.7 cm³/mol. The molecule has 1 amide bonds. The van der Waals surface area contributed by atoms with Crippen molar-refractivity contribution in [2.75, 3.05) is 26.2 Å². The van der Waals surface area contributed by atoms with E-state index >= 15 is 0 Å². The van der Waals surface area contributed by atoms with Crippen LogP contribution in [0.2, 0.25) is 0 Å². The summed E-state index contributed by atoms with van der Waals surface area (Å²) in [6.07, 6.45) is 4.55. The van der Waals surface area contributed by atoms with Crippen LogP contribution >= 0.6 is 12.4 Å². The molecule has 0 aliphatic carbocycles. The van der Waals surface area contributed by atoms with Crippen LogP contribution in [0.1, 0.15) is 42.5 Å². The third-order valence-electron chi connectivity index (χ3n) is 4.74. The van der Waals surface area contributed by atoms with Crippen molar-refractivity contribution in [3.8, 4) is 0 Å². The molecule has 2 saturated heterocycles. The average Bonchev–Trinajstić information content (AvgIpc) is 2.63. The zero-order valence-corrected chi connectivity index (χ0v) is 15.9. The van der Waals surface area contributed by atoms with Gasteiger partial charge in [-0.3, -0.25) is 4.79 Å².